The van der Waals surface area contributed by atoms with Crippen LogP contribution >= 0.6 is 0 Å². The third-order valence-corrected chi connectivity index (χ3v) is 4.73. The minimum Gasteiger partial charge on any atom is -0.379 e. The van der Waals surface area contributed by atoms with E-state index >= 15 is 0 Å². The number of nitrogens with two attached hydrogens (primary N) is 1. The lowest BCUT2D eigenvalue weighted by molar-refractivity contribution is 0.0365. The Balaban J connectivity index is 1.83. The molecule has 1 aromatic rings. The van der Waals surface area contributed by atoms with Crippen molar-refractivity contribution in [2.45, 2.75) is 17.5 Å². The summed E-state index contributed by atoms with van der Waals surface area (Å²) in [4.78, 5) is 2.46. The van der Waals surface area contributed by atoms with Crippen molar-refractivity contribution in [1.82, 2.24) is 9.62 Å². The first kappa shape index (κ1) is 15.4. The highest BCUT2D eigenvalue weighted by molar-refractivity contribution is 7.89. The van der Waals surface area contributed by atoms with Gasteiger partial charge in [0.2, 0.25) is 10.0 Å². The Labute approximate surface area is 120 Å². The topological polar surface area (TPSA) is 84.7 Å². The van der Waals surface area contributed by atoms with Crippen molar-refractivity contribution in [2.24, 2.45) is 5.73 Å². The number of hydrogen-bond donors (Lipinski definition) is 2. The van der Waals surface area contributed by atoms with Crippen molar-refractivity contribution in [3.63, 3.8) is 0 Å². The summed E-state index contributed by atoms with van der Waals surface area (Å²) in [5.41, 5.74) is 5.87. The van der Waals surface area contributed by atoms with E-state index in [2.05, 4.69) is 9.62 Å². The highest BCUT2D eigenvalue weighted by Crippen LogP contribution is 2.08. The van der Waals surface area contributed by atoms with E-state index in [1.165, 1.54) is 0 Å². The van der Waals surface area contributed by atoms with E-state index < -0.39 is 16.2 Å². The van der Waals surface area contributed by atoms with Gasteiger partial charge < -0.3 is 10.5 Å². The Morgan fingerprint density at radius 1 is 1.25 bits per heavy atom. The standard InChI is InChI=1S/C13H21N3O3S/c14-13(6-7-16-8-10-19-11-9-16)15-20(17,18)12-4-2-1-3-5-12/h1-5,13,15H,6-11,14H2. The highest BCUT2D eigenvalue weighted by Gasteiger charge is 2.18. The van der Waals surface area contributed by atoms with Gasteiger partial charge in [0.25, 0.3) is 0 Å². The predicted octanol–water partition coefficient (Wildman–Crippen LogP) is -0.0280. The van der Waals surface area contributed by atoms with Gasteiger partial charge in [-0.1, -0.05) is 18.2 Å². The number of nitrogens with one attached hydrogen (secondary N) is 1. The summed E-state index contributed by atoms with van der Waals surface area (Å²) in [6.07, 6.45) is -0.00505. The molecule has 112 valence electrons. The van der Waals surface area contributed by atoms with Crippen LogP contribution in [0.25, 0.3) is 0 Å². The van der Waals surface area contributed by atoms with Crippen LogP contribution in [0.2, 0.25) is 0 Å². The second-order valence-corrected chi connectivity index (χ2v) is 6.50. The Morgan fingerprint density at radius 2 is 1.90 bits per heavy atom. The lowest BCUT2D eigenvalue weighted by Gasteiger charge is -2.27. The number of sulfonamides is 1. The molecule has 0 amide bonds. The molecule has 2 rings (SSSR count). The Bertz CT molecular complexity index is 501. The maximum absolute atomic E-state index is 12.1. The fourth-order valence-corrected chi connectivity index (χ4v) is 3.24. The van der Waals surface area contributed by atoms with Crippen molar-refractivity contribution in [3.8, 4) is 0 Å². The van der Waals surface area contributed by atoms with Crippen molar-refractivity contribution >= 4 is 10.0 Å². The minimum atomic E-state index is -3.53. The zero-order valence-electron chi connectivity index (χ0n) is 11.4. The lowest BCUT2D eigenvalue weighted by atomic mass is 10.3. The molecule has 7 heteroatoms. The molecule has 3 N–H and O–H groups in total. The number of ether oxygens (including phenoxy) is 1. The molecule has 20 heavy (non-hydrogen) atoms. The Morgan fingerprint density at radius 3 is 2.55 bits per heavy atom. The first-order chi connectivity index (χ1) is 9.58. The van der Waals surface area contributed by atoms with Crippen molar-refractivity contribution in [3.05, 3.63) is 30.3 Å². The summed E-state index contributed by atoms with van der Waals surface area (Å²) in [6.45, 7) is 3.97. The highest BCUT2D eigenvalue weighted by atomic mass is 32.2. The minimum absolute atomic E-state index is 0.238. The summed E-state index contributed by atoms with van der Waals surface area (Å²) < 4.78 is 31.9. The van der Waals surface area contributed by atoms with E-state index in [1.54, 1.807) is 30.3 Å². The molecule has 1 aromatic carbocycles. The van der Waals surface area contributed by atoms with Gasteiger partial charge in [-0.05, 0) is 18.6 Å². The summed E-state index contributed by atoms with van der Waals surface area (Å²) in [5, 5.41) is 0. The first-order valence-electron chi connectivity index (χ1n) is 6.71. The lowest BCUT2D eigenvalue weighted by Crippen LogP contribution is -2.45. The third kappa shape index (κ3) is 4.53. The average molecular weight is 299 g/mol. The van der Waals surface area contributed by atoms with Gasteiger partial charge in [-0.15, -0.1) is 0 Å². The normalized spacial score (nSPS) is 18.9. The molecule has 1 aliphatic rings. The van der Waals surface area contributed by atoms with Gasteiger partial charge in [-0.2, -0.15) is 4.72 Å². The largest absolute Gasteiger partial charge is 0.379 e. The van der Waals surface area contributed by atoms with Crippen LogP contribution in [-0.2, 0) is 14.8 Å². The van der Waals surface area contributed by atoms with Crippen LogP contribution < -0.4 is 10.5 Å². The van der Waals surface area contributed by atoms with Crippen LogP contribution in [0.3, 0.4) is 0 Å². The number of benzene rings is 1. The zero-order chi connectivity index (χ0) is 14.4. The molecule has 1 unspecified atom stereocenters. The summed E-state index contributed by atoms with van der Waals surface area (Å²) in [5.74, 6) is 0. The SMILES string of the molecule is NC(CCN1CCOCC1)NS(=O)(=O)c1ccccc1. The van der Waals surface area contributed by atoms with Crippen molar-refractivity contribution in [1.29, 1.82) is 0 Å². The van der Waals surface area contributed by atoms with Gasteiger partial charge in [0.15, 0.2) is 0 Å². The van der Waals surface area contributed by atoms with Crippen LogP contribution in [0.1, 0.15) is 6.42 Å². The Kier molecular flexibility index (Phi) is 5.50. The van der Waals surface area contributed by atoms with Crippen molar-refractivity contribution < 1.29 is 13.2 Å². The molecule has 1 fully saturated rings. The molecule has 0 spiro atoms. The molecule has 1 atom stereocenters. The smallest absolute Gasteiger partial charge is 0.241 e. The summed E-state index contributed by atoms with van der Waals surface area (Å²) in [6, 6.07) is 8.26. The van der Waals surface area contributed by atoms with Gasteiger partial charge in [0, 0.05) is 19.6 Å². The molecule has 1 heterocycles. The summed E-state index contributed by atoms with van der Waals surface area (Å²) >= 11 is 0. The van der Waals surface area contributed by atoms with Gasteiger partial charge in [-0.3, -0.25) is 4.90 Å². The Hall–Kier alpha value is -0.990. The average Bonchev–Trinajstić information content (AvgIpc) is 2.47. The number of morpholine rings is 1. The number of hydrogen-bond acceptors (Lipinski definition) is 5. The zero-order valence-corrected chi connectivity index (χ0v) is 12.2. The molecular formula is C13H21N3O3S. The molecule has 6 nitrogen and oxygen atoms in total. The van der Waals surface area contributed by atoms with E-state index in [0.717, 1.165) is 32.8 Å². The molecule has 1 aliphatic heterocycles. The van der Waals surface area contributed by atoms with Crippen LogP contribution in [0, 0.1) is 0 Å². The van der Waals surface area contributed by atoms with E-state index in [-0.39, 0.29) is 4.90 Å². The monoisotopic (exact) mass is 299 g/mol. The van der Waals surface area contributed by atoms with Gasteiger partial charge in [0.1, 0.15) is 0 Å². The molecule has 0 bridgehead atoms. The van der Waals surface area contributed by atoms with Gasteiger partial charge >= 0.3 is 0 Å². The maximum atomic E-state index is 12.1. The van der Waals surface area contributed by atoms with Crippen molar-refractivity contribution in [2.75, 3.05) is 32.8 Å². The van der Waals surface area contributed by atoms with E-state index in [1.807, 2.05) is 0 Å². The number of nitrogens with zero attached hydrogens (tertiary/aromatic N) is 1. The third-order valence-electron chi connectivity index (χ3n) is 3.22. The van der Waals surface area contributed by atoms with E-state index in [9.17, 15) is 8.42 Å². The molecular weight excluding hydrogens is 278 g/mol. The molecule has 0 radical (unpaired) electrons. The second-order valence-electron chi connectivity index (χ2n) is 4.78. The molecule has 0 aliphatic carbocycles. The number of rotatable bonds is 6. The quantitative estimate of drug-likeness (QED) is 0.721. The van der Waals surface area contributed by atoms with Gasteiger partial charge in [-0.25, -0.2) is 8.42 Å². The second kappa shape index (κ2) is 7.14. The molecule has 0 aromatic heterocycles. The van der Waals surface area contributed by atoms with Crippen LogP contribution in [0.15, 0.2) is 35.2 Å². The molecule has 1 saturated heterocycles. The van der Waals surface area contributed by atoms with Gasteiger partial charge in [0.05, 0.1) is 24.3 Å². The maximum Gasteiger partial charge on any atom is 0.241 e. The van der Waals surface area contributed by atoms with Crippen LogP contribution in [0.4, 0.5) is 0 Å². The molecule has 0 saturated carbocycles. The fraction of sp³-hybridized carbons (Fsp3) is 0.538. The van der Waals surface area contributed by atoms with Crippen LogP contribution in [-0.4, -0.2) is 52.3 Å². The predicted molar refractivity (Wildman–Crippen MR) is 76.6 cm³/mol. The first-order valence-corrected chi connectivity index (χ1v) is 8.19. The van der Waals surface area contributed by atoms with E-state index in [0.29, 0.717) is 6.42 Å². The fourth-order valence-electron chi connectivity index (χ4n) is 2.07. The van der Waals surface area contributed by atoms with E-state index in [4.69, 9.17) is 10.5 Å². The van der Waals surface area contributed by atoms with Crippen LogP contribution in [0.5, 0.6) is 0 Å². The summed E-state index contributed by atoms with van der Waals surface area (Å²) in [7, 11) is -3.53.